The molecule has 0 aliphatic carbocycles. The molecule has 5 heteroatoms. The molecule has 2 N–H and O–H groups in total. The molecule has 1 aromatic carbocycles. The van der Waals surface area contributed by atoms with Gasteiger partial charge in [-0.3, -0.25) is 0 Å². The molecule has 4 nitrogen and oxygen atoms in total. The van der Waals surface area contributed by atoms with E-state index in [1.54, 1.807) is 17.8 Å². The highest BCUT2D eigenvalue weighted by atomic mass is 32.2. The first-order chi connectivity index (χ1) is 8.72. The van der Waals surface area contributed by atoms with Crippen molar-refractivity contribution in [1.29, 1.82) is 0 Å². The Hall–Kier alpha value is -1.20. The Labute approximate surface area is 111 Å². The van der Waals surface area contributed by atoms with Crippen molar-refractivity contribution in [3.05, 3.63) is 23.8 Å². The van der Waals surface area contributed by atoms with Gasteiger partial charge < -0.3 is 15.2 Å². The number of rotatable bonds is 4. The number of anilines is 1. The summed E-state index contributed by atoms with van der Waals surface area (Å²) in [5.41, 5.74) is 6.90. The summed E-state index contributed by atoms with van der Waals surface area (Å²) < 4.78 is 10.3. The summed E-state index contributed by atoms with van der Waals surface area (Å²) in [4.78, 5) is 12.4. The molecule has 98 valence electrons. The Morgan fingerprint density at radius 2 is 2.44 bits per heavy atom. The summed E-state index contributed by atoms with van der Waals surface area (Å²) in [7, 11) is 1.36. The molecule has 1 saturated heterocycles. The van der Waals surface area contributed by atoms with E-state index in [-0.39, 0.29) is 0 Å². The van der Waals surface area contributed by atoms with E-state index in [0.29, 0.717) is 17.4 Å². The van der Waals surface area contributed by atoms with Gasteiger partial charge in [-0.1, -0.05) is 6.07 Å². The topological polar surface area (TPSA) is 61.5 Å². The predicted octanol–water partition coefficient (Wildman–Crippen LogP) is 2.33. The Balaban J connectivity index is 2.05. The van der Waals surface area contributed by atoms with E-state index in [4.69, 9.17) is 15.2 Å². The maximum Gasteiger partial charge on any atom is 0.339 e. The largest absolute Gasteiger partial charge is 0.465 e. The van der Waals surface area contributed by atoms with Crippen LogP contribution in [0.3, 0.4) is 0 Å². The van der Waals surface area contributed by atoms with Crippen LogP contribution in [0.15, 0.2) is 23.1 Å². The van der Waals surface area contributed by atoms with Crippen molar-refractivity contribution >= 4 is 23.4 Å². The highest BCUT2D eigenvalue weighted by Gasteiger charge is 2.18. The van der Waals surface area contributed by atoms with Crippen molar-refractivity contribution in [2.45, 2.75) is 23.8 Å². The van der Waals surface area contributed by atoms with Gasteiger partial charge in [0, 0.05) is 17.3 Å². The minimum Gasteiger partial charge on any atom is -0.465 e. The van der Waals surface area contributed by atoms with Crippen molar-refractivity contribution in [3.63, 3.8) is 0 Å². The van der Waals surface area contributed by atoms with Crippen molar-refractivity contribution in [3.8, 4) is 0 Å². The number of carbonyl (C=O) groups excluding carboxylic acids is 1. The lowest BCUT2D eigenvalue weighted by molar-refractivity contribution is 0.0601. The summed E-state index contributed by atoms with van der Waals surface area (Å²) in [5, 5.41) is 0. The van der Waals surface area contributed by atoms with E-state index in [2.05, 4.69) is 0 Å². The number of hydrogen-bond donors (Lipinski definition) is 1. The van der Waals surface area contributed by atoms with E-state index in [9.17, 15) is 4.79 Å². The van der Waals surface area contributed by atoms with Gasteiger partial charge in [0.15, 0.2) is 0 Å². The number of esters is 1. The van der Waals surface area contributed by atoms with E-state index >= 15 is 0 Å². The number of nitrogen functional groups attached to an aromatic ring is 1. The molecule has 1 atom stereocenters. The molecular formula is C13H17NO3S. The zero-order chi connectivity index (χ0) is 13.0. The predicted molar refractivity (Wildman–Crippen MR) is 71.9 cm³/mol. The lowest BCUT2D eigenvalue weighted by atomic mass is 10.2. The molecule has 18 heavy (non-hydrogen) atoms. The van der Waals surface area contributed by atoms with Crippen LogP contribution in [0, 0.1) is 0 Å². The van der Waals surface area contributed by atoms with Crippen LogP contribution in [-0.2, 0) is 9.47 Å². The molecule has 1 aliphatic heterocycles. The molecular weight excluding hydrogens is 250 g/mol. The molecule has 1 fully saturated rings. The Morgan fingerprint density at radius 3 is 3.11 bits per heavy atom. The summed E-state index contributed by atoms with van der Waals surface area (Å²) in [6.07, 6.45) is 2.53. The van der Waals surface area contributed by atoms with Gasteiger partial charge in [0.1, 0.15) is 0 Å². The Bertz CT molecular complexity index is 430. The molecule has 0 bridgehead atoms. The molecule has 0 spiro atoms. The quantitative estimate of drug-likeness (QED) is 0.515. The Kier molecular flexibility index (Phi) is 4.49. The summed E-state index contributed by atoms with van der Waals surface area (Å²) in [6.45, 7) is 0.850. The van der Waals surface area contributed by atoms with Gasteiger partial charge in [-0.2, -0.15) is 0 Å². The van der Waals surface area contributed by atoms with Crippen LogP contribution in [0.4, 0.5) is 5.69 Å². The number of thioether (sulfide) groups is 1. The van der Waals surface area contributed by atoms with Crippen LogP contribution < -0.4 is 5.73 Å². The summed E-state index contributed by atoms with van der Waals surface area (Å²) in [5.74, 6) is 0.474. The number of nitrogens with two attached hydrogens (primary N) is 1. The maximum absolute atomic E-state index is 11.5. The number of benzene rings is 1. The van der Waals surface area contributed by atoms with Crippen LogP contribution in [0.25, 0.3) is 0 Å². The monoisotopic (exact) mass is 267 g/mol. The third kappa shape index (κ3) is 2.97. The number of para-hydroxylation sites is 1. The summed E-state index contributed by atoms with van der Waals surface area (Å²) >= 11 is 1.63. The minimum atomic E-state index is -0.396. The van der Waals surface area contributed by atoms with Crippen LogP contribution in [0.2, 0.25) is 0 Å². The Morgan fingerprint density at radius 1 is 1.61 bits per heavy atom. The first kappa shape index (κ1) is 13.2. The van der Waals surface area contributed by atoms with E-state index in [1.165, 1.54) is 7.11 Å². The zero-order valence-corrected chi connectivity index (χ0v) is 11.2. The normalized spacial score (nSPS) is 18.8. The molecule has 0 amide bonds. The molecule has 1 aromatic rings. The van der Waals surface area contributed by atoms with Crippen LogP contribution in [-0.4, -0.2) is 31.5 Å². The van der Waals surface area contributed by atoms with Crippen molar-refractivity contribution < 1.29 is 14.3 Å². The van der Waals surface area contributed by atoms with E-state index in [1.807, 2.05) is 12.1 Å². The number of ether oxygens (including phenoxy) is 2. The maximum atomic E-state index is 11.5. The van der Waals surface area contributed by atoms with Gasteiger partial charge in [-0.25, -0.2) is 4.79 Å². The van der Waals surface area contributed by atoms with Gasteiger partial charge in [-0.05, 0) is 25.0 Å². The first-order valence-corrected chi connectivity index (χ1v) is 6.92. The molecule has 1 unspecified atom stereocenters. The molecule has 0 saturated carbocycles. The number of methoxy groups -OCH3 is 1. The van der Waals surface area contributed by atoms with Crippen LogP contribution in [0.5, 0.6) is 0 Å². The smallest absolute Gasteiger partial charge is 0.339 e. The lowest BCUT2D eigenvalue weighted by Crippen LogP contribution is -2.09. The highest BCUT2D eigenvalue weighted by Crippen LogP contribution is 2.30. The molecule has 2 rings (SSSR count). The van der Waals surface area contributed by atoms with Gasteiger partial charge >= 0.3 is 5.97 Å². The van der Waals surface area contributed by atoms with Gasteiger partial charge in [-0.15, -0.1) is 11.8 Å². The van der Waals surface area contributed by atoms with Crippen LogP contribution in [0.1, 0.15) is 23.2 Å². The van der Waals surface area contributed by atoms with Crippen LogP contribution >= 0.6 is 11.8 Å². The average Bonchev–Trinajstić information content (AvgIpc) is 2.90. The standard InChI is InChI=1S/C13H17NO3S/c1-16-13(15)10-5-2-6-11(12(10)14)18-8-9-4-3-7-17-9/h2,5-6,9H,3-4,7-8,14H2,1H3. The minimum absolute atomic E-state index is 0.302. The molecule has 1 heterocycles. The number of carbonyl (C=O) groups is 1. The van der Waals surface area contributed by atoms with E-state index in [0.717, 1.165) is 30.1 Å². The molecule has 1 aliphatic rings. The fourth-order valence-electron chi connectivity index (χ4n) is 1.92. The fourth-order valence-corrected chi connectivity index (χ4v) is 2.98. The zero-order valence-electron chi connectivity index (χ0n) is 10.3. The SMILES string of the molecule is COC(=O)c1cccc(SCC2CCCO2)c1N. The van der Waals surface area contributed by atoms with Crippen molar-refractivity contribution in [2.24, 2.45) is 0 Å². The second-order valence-electron chi connectivity index (χ2n) is 4.15. The van der Waals surface area contributed by atoms with Gasteiger partial charge in [0.2, 0.25) is 0 Å². The van der Waals surface area contributed by atoms with E-state index < -0.39 is 5.97 Å². The summed E-state index contributed by atoms with van der Waals surface area (Å²) in [6, 6.07) is 5.42. The second kappa shape index (κ2) is 6.11. The average molecular weight is 267 g/mol. The third-order valence-electron chi connectivity index (χ3n) is 2.92. The van der Waals surface area contributed by atoms with Gasteiger partial charge in [0.25, 0.3) is 0 Å². The van der Waals surface area contributed by atoms with Gasteiger partial charge in [0.05, 0.1) is 24.5 Å². The van der Waals surface area contributed by atoms with Crippen molar-refractivity contribution in [2.75, 3.05) is 25.2 Å². The van der Waals surface area contributed by atoms with Crippen molar-refractivity contribution in [1.82, 2.24) is 0 Å². The number of hydrogen-bond acceptors (Lipinski definition) is 5. The molecule has 0 radical (unpaired) electrons. The first-order valence-electron chi connectivity index (χ1n) is 5.93. The second-order valence-corrected chi connectivity index (χ2v) is 5.22. The lowest BCUT2D eigenvalue weighted by Gasteiger charge is -2.12. The third-order valence-corrected chi connectivity index (χ3v) is 4.13. The fraction of sp³-hybridized carbons (Fsp3) is 0.462. The highest BCUT2D eigenvalue weighted by molar-refractivity contribution is 7.99. The molecule has 0 aromatic heterocycles.